The van der Waals surface area contributed by atoms with Gasteiger partial charge in [-0.1, -0.05) is 121 Å². The van der Waals surface area contributed by atoms with Crippen molar-refractivity contribution in [3.05, 3.63) is 203 Å². The van der Waals surface area contributed by atoms with Gasteiger partial charge >= 0.3 is 0 Å². The van der Waals surface area contributed by atoms with Crippen LogP contribution in [0.3, 0.4) is 0 Å². The van der Waals surface area contributed by atoms with E-state index in [-0.39, 0.29) is 75.5 Å². The van der Waals surface area contributed by atoms with Gasteiger partial charge in [0.2, 0.25) is 5.79 Å². The molecule has 6 atom stereocenters. The molecule has 2 aliphatic carbocycles. The number of nitriles is 1. The molecule has 71 heavy (non-hydrogen) atoms. The number of rotatable bonds is 21. The monoisotopic (exact) mass is 953 g/mol. The van der Waals surface area contributed by atoms with Gasteiger partial charge < -0.3 is 34.2 Å². The van der Waals surface area contributed by atoms with E-state index in [4.69, 9.17) is 24.2 Å². The molecule has 6 aromatic carbocycles. The number of nitrogens with zero attached hydrogens (tertiary/aromatic N) is 3. The van der Waals surface area contributed by atoms with Crippen LogP contribution in [-0.2, 0) is 29.3 Å². The zero-order valence-corrected chi connectivity index (χ0v) is 39.9. The highest BCUT2D eigenvalue weighted by molar-refractivity contribution is 6.03. The number of hydrogen-bond donors (Lipinski definition) is 2. The van der Waals surface area contributed by atoms with Gasteiger partial charge in [0.25, 0.3) is 5.91 Å². The Hall–Kier alpha value is -7.10. The van der Waals surface area contributed by atoms with Crippen LogP contribution in [0.15, 0.2) is 169 Å². The summed E-state index contributed by atoms with van der Waals surface area (Å²) in [7, 11) is 0. The topological polar surface area (TPSA) is 134 Å². The van der Waals surface area contributed by atoms with Gasteiger partial charge in [0.1, 0.15) is 36.6 Å². The molecule has 6 aromatic rings. The van der Waals surface area contributed by atoms with Gasteiger partial charge in [-0.05, 0) is 114 Å². The quantitative estimate of drug-likeness (QED) is 0.0414. The summed E-state index contributed by atoms with van der Waals surface area (Å²) in [6.07, 6.45) is 8.52. The molecule has 1 aliphatic heterocycles. The van der Waals surface area contributed by atoms with Crippen molar-refractivity contribution in [3.8, 4) is 17.6 Å². The number of oxime groups is 1. The van der Waals surface area contributed by atoms with Crippen molar-refractivity contribution in [2.75, 3.05) is 19.8 Å². The molecule has 9 rings (SSSR count). The third kappa shape index (κ3) is 10.5. The zero-order valence-electron chi connectivity index (χ0n) is 39.9. The number of carbonyl (C=O) groups is 1. The minimum absolute atomic E-state index is 0.00507. The molecular weight excluding hydrogens is 894 g/mol. The Morgan fingerprint density at radius 2 is 1.59 bits per heavy atom. The van der Waals surface area contributed by atoms with Crippen molar-refractivity contribution in [2.24, 2.45) is 22.9 Å². The molecule has 0 saturated heterocycles. The third-order valence-electron chi connectivity index (χ3n) is 14.4. The fourth-order valence-corrected chi connectivity index (χ4v) is 11.1. The second-order valence-electron chi connectivity index (χ2n) is 18.7. The Morgan fingerprint density at radius 3 is 2.37 bits per heavy atom. The molecule has 1 saturated carbocycles. The minimum Gasteiger partial charge on any atom is -0.489 e. The van der Waals surface area contributed by atoms with Crippen LogP contribution in [-0.4, -0.2) is 58.4 Å². The molecule has 0 radical (unpaired) electrons. The van der Waals surface area contributed by atoms with E-state index in [0.29, 0.717) is 46.7 Å². The fourth-order valence-electron chi connectivity index (χ4n) is 11.1. The number of aliphatic hydroxyl groups is 2. The molecule has 1 fully saturated rings. The van der Waals surface area contributed by atoms with E-state index < -0.39 is 17.7 Å². The van der Waals surface area contributed by atoms with Crippen LogP contribution in [0.4, 0.5) is 4.39 Å². The van der Waals surface area contributed by atoms with Crippen molar-refractivity contribution < 1.29 is 38.4 Å². The summed E-state index contributed by atoms with van der Waals surface area (Å²) in [5.41, 5.74) is 5.56. The van der Waals surface area contributed by atoms with Crippen LogP contribution in [0, 0.1) is 34.9 Å². The molecule has 0 spiro atoms. The second kappa shape index (κ2) is 22.8. The number of unbranched alkanes of at least 4 members (excludes halogenated alkanes) is 2. The first-order valence-electron chi connectivity index (χ1n) is 24.7. The van der Waals surface area contributed by atoms with Crippen LogP contribution in [0.2, 0.25) is 0 Å². The maximum Gasteiger partial charge on any atom is 0.254 e. The van der Waals surface area contributed by atoms with Crippen molar-refractivity contribution in [1.29, 1.82) is 5.26 Å². The van der Waals surface area contributed by atoms with Gasteiger partial charge in [0.15, 0.2) is 0 Å². The molecule has 11 heteroatoms. The Labute approximate surface area is 415 Å². The average Bonchev–Trinajstić information content (AvgIpc) is 3.40. The number of hydrogen-bond acceptors (Lipinski definition) is 9. The van der Waals surface area contributed by atoms with E-state index in [1.54, 1.807) is 48.5 Å². The number of benzene rings is 6. The summed E-state index contributed by atoms with van der Waals surface area (Å²) in [5, 5.41) is 37.0. The van der Waals surface area contributed by atoms with Crippen molar-refractivity contribution in [1.82, 2.24) is 4.90 Å². The number of aliphatic hydroxyl groups excluding tert-OH is 2. The summed E-state index contributed by atoms with van der Waals surface area (Å²) < 4.78 is 36.1. The van der Waals surface area contributed by atoms with E-state index >= 15 is 4.79 Å². The summed E-state index contributed by atoms with van der Waals surface area (Å²) in [6, 6.07) is 44.4. The number of fused-ring (bicyclic) bond motifs is 3. The first-order valence-corrected chi connectivity index (χ1v) is 24.7. The SMILES string of the molecule is C=CCOC12Oc3ccc(OCc4ccccc4F)cc3C3C(CCCCO)C(CCCCO)C=C(C(=NOCc4ccccc4)CC1N(Cc1cccc4ccccc14)C(=O)c1ccc(C#N)cc1)C32. The van der Waals surface area contributed by atoms with Crippen LogP contribution < -0.4 is 9.47 Å². The minimum atomic E-state index is -1.54. The molecule has 6 unspecified atom stereocenters. The highest BCUT2D eigenvalue weighted by atomic mass is 19.1. The lowest BCUT2D eigenvalue weighted by Gasteiger charge is -2.60. The largest absolute Gasteiger partial charge is 0.489 e. The van der Waals surface area contributed by atoms with Gasteiger partial charge in [-0.15, -0.1) is 6.58 Å². The lowest BCUT2D eigenvalue weighted by atomic mass is 9.55. The van der Waals surface area contributed by atoms with Crippen LogP contribution >= 0.6 is 0 Å². The molecular formula is C60H60FN3O7. The van der Waals surface area contributed by atoms with Crippen LogP contribution in [0.5, 0.6) is 11.5 Å². The Morgan fingerprint density at radius 1 is 0.859 bits per heavy atom. The Kier molecular flexibility index (Phi) is 15.7. The lowest BCUT2D eigenvalue weighted by Crippen LogP contribution is -2.70. The first kappa shape index (κ1) is 48.9. The highest BCUT2D eigenvalue weighted by Crippen LogP contribution is 2.62. The third-order valence-corrected chi connectivity index (χ3v) is 14.4. The molecule has 0 aromatic heterocycles. The smallest absolute Gasteiger partial charge is 0.254 e. The molecule has 3 aliphatic rings. The van der Waals surface area contributed by atoms with Gasteiger partial charge in [0, 0.05) is 48.8 Å². The van der Waals surface area contributed by atoms with E-state index in [2.05, 4.69) is 36.9 Å². The van der Waals surface area contributed by atoms with Crippen molar-refractivity contribution >= 4 is 22.4 Å². The number of ether oxygens (including phenoxy) is 3. The Bertz CT molecular complexity index is 2910. The van der Waals surface area contributed by atoms with Gasteiger partial charge in [-0.25, -0.2) is 4.39 Å². The number of allylic oxidation sites excluding steroid dienone is 1. The van der Waals surface area contributed by atoms with Gasteiger partial charge in [-0.3, -0.25) is 4.79 Å². The molecule has 2 N–H and O–H groups in total. The predicted molar refractivity (Wildman–Crippen MR) is 272 cm³/mol. The van der Waals surface area contributed by atoms with E-state index in [1.807, 2.05) is 77.7 Å². The maximum absolute atomic E-state index is 15.7. The standard InChI is InChI=1S/C60H60FN3O7/c1-2-33-69-60-56(64(59(67)44-27-25-41(37-62)26-28-44)38-46-21-14-20-43-17-6-8-22-49(43)46)36-54(63-70-39-42-15-4-3-5-16-42)51-34-45(18-10-12-31-65)50(23-11-13-32-66)57(58(51)60)52-35-48(29-30-55(52)71-60)68-40-47-19-7-9-24-53(47)61/h2-9,14-17,19-22,24-30,34-35,45,50,56-58,65-66H,1,10-13,18,23,31-33,36,38-40H2. The van der Waals surface area contributed by atoms with E-state index in [1.165, 1.54) is 6.07 Å². The number of carbonyl (C=O) groups excluding carboxylic acids is 1. The summed E-state index contributed by atoms with van der Waals surface area (Å²) in [5.74, 6) is -1.99. The van der Waals surface area contributed by atoms with Crippen LogP contribution in [0.1, 0.15) is 89.0 Å². The Balaban J connectivity index is 1.27. The van der Waals surface area contributed by atoms with E-state index in [0.717, 1.165) is 58.7 Å². The van der Waals surface area contributed by atoms with E-state index in [9.17, 15) is 19.9 Å². The fraction of sp³-hybridized carbons (Fsp3) is 0.317. The second-order valence-corrected chi connectivity index (χ2v) is 18.7. The summed E-state index contributed by atoms with van der Waals surface area (Å²) in [4.78, 5) is 23.9. The average molecular weight is 954 g/mol. The van der Waals surface area contributed by atoms with Crippen LogP contribution in [0.25, 0.3) is 10.8 Å². The number of halogens is 1. The predicted octanol–water partition coefficient (Wildman–Crippen LogP) is 11.6. The van der Waals surface area contributed by atoms with Gasteiger partial charge in [0.05, 0.1) is 29.9 Å². The first-order chi connectivity index (χ1) is 34.8. The molecule has 0 bridgehead atoms. The highest BCUT2D eigenvalue weighted by Gasteiger charge is 2.65. The van der Waals surface area contributed by atoms with Crippen molar-refractivity contribution in [2.45, 2.75) is 82.5 Å². The van der Waals surface area contributed by atoms with Crippen molar-refractivity contribution in [3.63, 3.8) is 0 Å². The summed E-state index contributed by atoms with van der Waals surface area (Å²) in [6.45, 7) is 4.71. The normalized spacial score (nSPS) is 21.5. The molecule has 1 amide bonds. The molecule has 1 heterocycles. The molecule has 364 valence electrons. The lowest BCUT2D eigenvalue weighted by molar-refractivity contribution is -0.255. The molecule has 10 nitrogen and oxygen atoms in total. The summed E-state index contributed by atoms with van der Waals surface area (Å²) >= 11 is 0. The number of amides is 1. The van der Waals surface area contributed by atoms with Gasteiger partial charge in [-0.2, -0.15) is 5.26 Å². The maximum atomic E-state index is 15.7. The zero-order chi connectivity index (χ0) is 49.2.